The highest BCUT2D eigenvalue weighted by Crippen LogP contribution is 2.56. The standard InChI is InChI=1S/C12H14BrNO3/c1-11-5-9(13)8(4-7(11)6-14)12(16-2,17-3)10(11)15/h5,7-8H,4H2,1-3H3/t7-,8+,11+/m0/s1. The summed E-state index contributed by atoms with van der Waals surface area (Å²) >= 11 is 3.46. The van der Waals surface area contributed by atoms with E-state index in [0.717, 1.165) is 4.48 Å². The Kier molecular flexibility index (Phi) is 2.93. The average Bonchev–Trinajstić information content (AvgIpc) is 2.32. The van der Waals surface area contributed by atoms with E-state index in [4.69, 9.17) is 14.7 Å². The second-order valence-corrected chi connectivity index (χ2v) is 5.60. The van der Waals surface area contributed by atoms with Crippen LogP contribution >= 0.6 is 15.9 Å². The van der Waals surface area contributed by atoms with Crippen molar-refractivity contribution in [3.63, 3.8) is 0 Å². The lowest BCUT2D eigenvalue weighted by Crippen LogP contribution is -2.63. The summed E-state index contributed by atoms with van der Waals surface area (Å²) in [6.45, 7) is 1.77. The number of nitrogens with zero attached hydrogens (tertiary/aromatic N) is 1. The molecule has 5 heteroatoms. The normalized spacial score (nSPS) is 38.8. The van der Waals surface area contributed by atoms with Gasteiger partial charge in [-0.15, -0.1) is 0 Å². The lowest BCUT2D eigenvalue weighted by atomic mass is 9.57. The monoisotopic (exact) mass is 299 g/mol. The molecule has 4 nitrogen and oxygen atoms in total. The molecule has 0 radical (unpaired) electrons. The third-order valence-electron chi connectivity index (χ3n) is 3.99. The van der Waals surface area contributed by atoms with Gasteiger partial charge >= 0.3 is 0 Å². The molecule has 2 bridgehead atoms. The van der Waals surface area contributed by atoms with E-state index in [-0.39, 0.29) is 17.6 Å². The predicted octanol–water partition coefficient (Wildman–Crippen LogP) is 2.00. The second kappa shape index (κ2) is 3.91. The van der Waals surface area contributed by atoms with Crippen molar-refractivity contribution in [2.24, 2.45) is 17.3 Å². The van der Waals surface area contributed by atoms with Crippen molar-refractivity contribution in [3.05, 3.63) is 10.6 Å². The van der Waals surface area contributed by atoms with Crippen molar-refractivity contribution in [2.75, 3.05) is 14.2 Å². The van der Waals surface area contributed by atoms with Gasteiger partial charge in [0.1, 0.15) is 0 Å². The van der Waals surface area contributed by atoms with E-state index in [1.807, 2.05) is 6.08 Å². The van der Waals surface area contributed by atoms with E-state index in [9.17, 15) is 4.79 Å². The number of allylic oxidation sites excluding steroid dienone is 1. The first-order valence-corrected chi connectivity index (χ1v) is 6.18. The molecule has 0 aliphatic heterocycles. The fraction of sp³-hybridized carbons (Fsp3) is 0.667. The van der Waals surface area contributed by atoms with E-state index >= 15 is 0 Å². The van der Waals surface area contributed by atoms with Crippen molar-refractivity contribution < 1.29 is 14.3 Å². The molecule has 0 spiro atoms. The van der Waals surface area contributed by atoms with Crippen LogP contribution in [-0.2, 0) is 14.3 Å². The van der Waals surface area contributed by atoms with Crippen molar-refractivity contribution in [3.8, 4) is 6.07 Å². The van der Waals surface area contributed by atoms with Crippen LogP contribution in [0.4, 0.5) is 0 Å². The molecule has 0 heterocycles. The highest BCUT2D eigenvalue weighted by Gasteiger charge is 2.64. The Hall–Kier alpha value is -0.700. The Morgan fingerprint density at radius 2 is 2.12 bits per heavy atom. The smallest absolute Gasteiger partial charge is 0.237 e. The molecule has 17 heavy (non-hydrogen) atoms. The van der Waals surface area contributed by atoms with Gasteiger partial charge in [-0.3, -0.25) is 4.79 Å². The molecular weight excluding hydrogens is 286 g/mol. The van der Waals surface area contributed by atoms with Gasteiger partial charge in [0, 0.05) is 18.7 Å². The largest absolute Gasteiger partial charge is 0.346 e. The van der Waals surface area contributed by atoms with Crippen LogP contribution < -0.4 is 0 Å². The molecule has 1 fully saturated rings. The maximum atomic E-state index is 12.5. The Morgan fingerprint density at radius 1 is 1.53 bits per heavy atom. The zero-order chi connectivity index (χ0) is 12.8. The maximum absolute atomic E-state index is 12.5. The molecule has 0 N–H and O–H groups in total. The number of carbonyl (C=O) groups is 1. The number of halogens is 1. The van der Waals surface area contributed by atoms with Gasteiger partial charge in [0.25, 0.3) is 0 Å². The van der Waals surface area contributed by atoms with Crippen LogP contribution in [0.15, 0.2) is 10.6 Å². The minimum Gasteiger partial charge on any atom is -0.346 e. The summed E-state index contributed by atoms with van der Waals surface area (Å²) in [5, 5.41) is 9.17. The Balaban J connectivity index is 2.60. The number of carbonyl (C=O) groups excluding carboxylic acids is 1. The summed E-state index contributed by atoms with van der Waals surface area (Å²) < 4.78 is 11.6. The van der Waals surface area contributed by atoms with Crippen molar-refractivity contribution >= 4 is 21.7 Å². The lowest BCUT2D eigenvalue weighted by Gasteiger charge is -2.52. The van der Waals surface area contributed by atoms with Gasteiger partial charge in [-0.05, 0) is 13.3 Å². The minimum absolute atomic E-state index is 0.166. The number of Topliss-reactive ketones (excluding diaryl/α,β-unsaturated/α-hetero) is 1. The Labute approximate surface area is 109 Å². The summed E-state index contributed by atoms with van der Waals surface area (Å²) in [7, 11) is 2.93. The van der Waals surface area contributed by atoms with Gasteiger partial charge in [0.15, 0.2) is 0 Å². The third-order valence-corrected chi connectivity index (χ3v) is 4.77. The van der Waals surface area contributed by atoms with E-state index in [2.05, 4.69) is 22.0 Å². The number of nitriles is 1. The zero-order valence-electron chi connectivity index (χ0n) is 9.99. The minimum atomic E-state index is -1.25. The van der Waals surface area contributed by atoms with Crippen LogP contribution in [0, 0.1) is 28.6 Å². The topological polar surface area (TPSA) is 59.3 Å². The van der Waals surface area contributed by atoms with Gasteiger partial charge in [-0.2, -0.15) is 5.26 Å². The van der Waals surface area contributed by atoms with Crippen molar-refractivity contribution in [1.29, 1.82) is 5.26 Å². The molecule has 1 saturated carbocycles. The quantitative estimate of drug-likeness (QED) is 0.732. The Bertz CT molecular complexity index is 436. The molecule has 0 aromatic carbocycles. The third kappa shape index (κ3) is 1.38. The average molecular weight is 300 g/mol. The first-order valence-electron chi connectivity index (χ1n) is 5.39. The predicted molar refractivity (Wildman–Crippen MR) is 64.1 cm³/mol. The number of hydrogen-bond donors (Lipinski definition) is 0. The van der Waals surface area contributed by atoms with E-state index < -0.39 is 11.2 Å². The highest BCUT2D eigenvalue weighted by molar-refractivity contribution is 9.11. The van der Waals surface area contributed by atoms with Gasteiger partial charge < -0.3 is 9.47 Å². The molecule has 3 aliphatic rings. The second-order valence-electron chi connectivity index (χ2n) is 4.69. The fourth-order valence-electron chi connectivity index (χ4n) is 2.91. The molecule has 3 atom stereocenters. The van der Waals surface area contributed by atoms with Crippen LogP contribution in [0.5, 0.6) is 0 Å². The van der Waals surface area contributed by atoms with Crippen LogP contribution in [0.3, 0.4) is 0 Å². The lowest BCUT2D eigenvalue weighted by molar-refractivity contribution is -0.245. The maximum Gasteiger partial charge on any atom is 0.237 e. The van der Waals surface area contributed by atoms with Crippen LogP contribution in [-0.4, -0.2) is 25.8 Å². The SMILES string of the molecule is COC1(OC)C(=O)[C@]2(C)C=C(Br)[C@H]1C[C@H]2C#N. The molecule has 3 aliphatic carbocycles. The number of fused-ring (bicyclic) bond motifs is 2. The number of methoxy groups -OCH3 is 2. The number of ketones is 1. The zero-order valence-corrected chi connectivity index (χ0v) is 11.6. The first-order chi connectivity index (χ1) is 7.96. The Morgan fingerprint density at radius 3 is 2.59 bits per heavy atom. The van der Waals surface area contributed by atoms with Crippen LogP contribution in [0.2, 0.25) is 0 Å². The number of hydrogen-bond acceptors (Lipinski definition) is 4. The molecule has 0 unspecified atom stereocenters. The fourth-order valence-corrected chi connectivity index (χ4v) is 3.88. The van der Waals surface area contributed by atoms with Gasteiger partial charge in [-0.25, -0.2) is 0 Å². The highest BCUT2D eigenvalue weighted by atomic mass is 79.9. The molecule has 0 saturated heterocycles. The van der Waals surface area contributed by atoms with Crippen molar-refractivity contribution in [2.45, 2.75) is 19.1 Å². The van der Waals surface area contributed by atoms with E-state index in [1.165, 1.54) is 14.2 Å². The summed E-state index contributed by atoms with van der Waals surface area (Å²) in [6, 6.07) is 2.22. The molecule has 0 aromatic rings. The summed E-state index contributed by atoms with van der Waals surface area (Å²) in [4.78, 5) is 12.5. The molecule has 0 amide bonds. The van der Waals surface area contributed by atoms with Gasteiger partial charge in [0.05, 0.1) is 23.3 Å². The molecule has 92 valence electrons. The molecule has 3 rings (SSSR count). The first kappa shape index (κ1) is 12.7. The number of rotatable bonds is 2. The van der Waals surface area contributed by atoms with Gasteiger partial charge in [0.2, 0.25) is 11.6 Å². The van der Waals surface area contributed by atoms with Crippen molar-refractivity contribution in [1.82, 2.24) is 0 Å². The van der Waals surface area contributed by atoms with Crippen LogP contribution in [0.25, 0.3) is 0 Å². The number of ether oxygens (including phenoxy) is 2. The van der Waals surface area contributed by atoms with E-state index in [0.29, 0.717) is 6.42 Å². The molecular formula is C12H14BrNO3. The summed E-state index contributed by atoms with van der Waals surface area (Å²) in [5.74, 6) is -1.98. The summed E-state index contributed by atoms with van der Waals surface area (Å²) in [6.07, 6.45) is 2.39. The molecule has 0 aromatic heterocycles. The summed E-state index contributed by atoms with van der Waals surface area (Å²) in [5.41, 5.74) is -0.839. The van der Waals surface area contributed by atoms with Crippen LogP contribution in [0.1, 0.15) is 13.3 Å². The van der Waals surface area contributed by atoms with Gasteiger partial charge in [-0.1, -0.05) is 22.0 Å². The van der Waals surface area contributed by atoms with E-state index in [1.54, 1.807) is 6.92 Å².